The predicted octanol–water partition coefficient (Wildman–Crippen LogP) is 23.0. The van der Waals surface area contributed by atoms with Crippen LogP contribution in [0, 0.1) is 17.8 Å². The lowest BCUT2D eigenvalue weighted by molar-refractivity contribution is -0.161. The summed E-state index contributed by atoms with van der Waals surface area (Å²) in [6, 6.07) is 0. The molecule has 0 rings (SSSR count). The van der Waals surface area contributed by atoms with E-state index in [2.05, 4.69) is 48.5 Å². The molecule has 0 saturated carbocycles. The maximum atomic E-state index is 13.1. The van der Waals surface area contributed by atoms with E-state index in [1.54, 1.807) is 0 Å². The molecule has 576 valence electrons. The number of hydrogen-bond acceptors (Lipinski definition) is 15. The molecule has 0 fully saturated rings. The zero-order valence-corrected chi connectivity index (χ0v) is 65.3. The van der Waals surface area contributed by atoms with Crippen LogP contribution in [0.4, 0.5) is 0 Å². The number of carbonyl (C=O) groups excluding carboxylic acids is 4. The van der Waals surface area contributed by atoms with Gasteiger partial charge >= 0.3 is 39.5 Å². The normalized spacial score (nSPS) is 14.9. The molecule has 19 heteroatoms. The van der Waals surface area contributed by atoms with E-state index in [0.717, 1.165) is 108 Å². The van der Waals surface area contributed by atoms with Crippen LogP contribution in [-0.2, 0) is 65.4 Å². The van der Waals surface area contributed by atoms with Gasteiger partial charge in [0.1, 0.15) is 19.3 Å². The van der Waals surface area contributed by atoms with Crippen molar-refractivity contribution in [2.75, 3.05) is 39.6 Å². The molecule has 0 aliphatic rings. The largest absolute Gasteiger partial charge is 0.472 e. The second-order valence-electron chi connectivity index (χ2n) is 28.8. The highest BCUT2D eigenvalue weighted by molar-refractivity contribution is 7.47. The Balaban J connectivity index is 5.26. The van der Waals surface area contributed by atoms with Gasteiger partial charge in [0.2, 0.25) is 0 Å². The molecular weight excluding hydrogens is 1270 g/mol. The average Bonchev–Trinajstić information content (AvgIpc) is 1.71. The van der Waals surface area contributed by atoms with Gasteiger partial charge in [-0.2, -0.15) is 0 Å². The van der Waals surface area contributed by atoms with E-state index in [1.807, 2.05) is 0 Å². The summed E-state index contributed by atoms with van der Waals surface area (Å²) in [6.45, 7) is 11.9. The standard InChI is InChI=1S/C78H152O17P2/c1-8-12-13-14-15-16-17-18-19-20-21-22-23-24-25-30-40-47-54-61-77(82)94-73(65-88-75(80)59-52-45-38-29-27-26-28-35-42-49-56-69(5)9-2)67-92-96(84,85)90-63-72(79)64-91-97(86,87)93-68-74(95-78(83)62-55-48-41-34-32-37-44-51-58-71(7)11-4)66-89-76(81)60-53-46-39-33-31-36-43-50-57-70(6)10-3/h69-74,79H,8-68H2,1-7H3,(H,84,85)(H,86,87)/t69?,70?,71?,72-,73-,74-/m1/s1. The fraction of sp³-hybridized carbons (Fsp3) is 0.949. The Morgan fingerprint density at radius 2 is 0.495 bits per heavy atom. The number of aliphatic hydroxyl groups excluding tert-OH is 1. The highest BCUT2D eigenvalue weighted by atomic mass is 31.2. The molecular formula is C78H152O17P2. The Morgan fingerprint density at radius 3 is 0.732 bits per heavy atom. The van der Waals surface area contributed by atoms with Gasteiger partial charge in [-0.25, -0.2) is 9.13 Å². The summed E-state index contributed by atoms with van der Waals surface area (Å²) < 4.78 is 68.6. The Hall–Kier alpha value is -1.94. The van der Waals surface area contributed by atoms with Crippen LogP contribution >= 0.6 is 15.6 Å². The lowest BCUT2D eigenvalue weighted by atomic mass is 9.99. The van der Waals surface area contributed by atoms with E-state index in [4.69, 9.17) is 37.0 Å². The van der Waals surface area contributed by atoms with Gasteiger partial charge in [0.25, 0.3) is 0 Å². The minimum absolute atomic E-state index is 0.104. The summed E-state index contributed by atoms with van der Waals surface area (Å²) in [4.78, 5) is 72.9. The maximum absolute atomic E-state index is 13.1. The highest BCUT2D eigenvalue weighted by Gasteiger charge is 2.30. The van der Waals surface area contributed by atoms with Crippen molar-refractivity contribution >= 4 is 39.5 Å². The third-order valence-corrected chi connectivity index (χ3v) is 21.1. The molecule has 0 saturated heterocycles. The Kier molecular flexibility index (Phi) is 67.1. The number of phosphoric ester groups is 2. The van der Waals surface area contributed by atoms with Crippen molar-refractivity contribution in [1.82, 2.24) is 0 Å². The summed E-state index contributed by atoms with van der Waals surface area (Å²) in [7, 11) is -9.92. The van der Waals surface area contributed by atoms with Crippen LogP contribution in [0.3, 0.4) is 0 Å². The Bertz CT molecular complexity index is 1890. The van der Waals surface area contributed by atoms with Crippen molar-refractivity contribution in [3.63, 3.8) is 0 Å². The molecule has 0 amide bonds. The topological polar surface area (TPSA) is 237 Å². The van der Waals surface area contributed by atoms with Crippen molar-refractivity contribution in [1.29, 1.82) is 0 Å². The number of esters is 4. The SMILES string of the molecule is CCCCCCCCCCCCCCCCCCCCCC(=O)O[C@H](COC(=O)CCCCCCCCCCCCC(C)CC)COP(=O)(O)OC[C@@H](O)COP(=O)(O)OC[C@@H](COC(=O)CCCCCCCCCCC(C)CC)OC(=O)CCCCCCCCCCC(C)CC. The Morgan fingerprint density at radius 1 is 0.289 bits per heavy atom. The minimum atomic E-state index is -4.96. The van der Waals surface area contributed by atoms with Gasteiger partial charge in [-0.05, 0) is 43.4 Å². The first-order valence-electron chi connectivity index (χ1n) is 40.5. The average molecular weight is 1420 g/mol. The molecule has 97 heavy (non-hydrogen) atoms. The second kappa shape index (κ2) is 68.5. The van der Waals surface area contributed by atoms with Crippen LogP contribution in [0.15, 0.2) is 0 Å². The molecule has 0 radical (unpaired) electrons. The molecule has 3 N–H and O–H groups in total. The van der Waals surface area contributed by atoms with E-state index in [1.165, 1.54) is 212 Å². The van der Waals surface area contributed by atoms with Gasteiger partial charge in [-0.1, -0.05) is 350 Å². The van der Waals surface area contributed by atoms with Gasteiger partial charge < -0.3 is 33.8 Å². The van der Waals surface area contributed by atoms with E-state index in [9.17, 15) is 43.2 Å². The number of phosphoric acid groups is 2. The molecule has 0 heterocycles. The minimum Gasteiger partial charge on any atom is -0.462 e. The molecule has 0 aliphatic carbocycles. The van der Waals surface area contributed by atoms with Crippen molar-refractivity contribution in [2.45, 2.75) is 420 Å². The molecule has 0 aliphatic heterocycles. The molecule has 0 aromatic heterocycles. The van der Waals surface area contributed by atoms with E-state index < -0.39 is 97.5 Å². The third kappa shape index (κ3) is 68.3. The summed E-state index contributed by atoms with van der Waals surface area (Å²) in [5.74, 6) is 0.240. The molecule has 0 spiro atoms. The summed E-state index contributed by atoms with van der Waals surface area (Å²) >= 11 is 0. The monoisotopic (exact) mass is 1420 g/mol. The first-order chi connectivity index (χ1) is 46.8. The van der Waals surface area contributed by atoms with Crippen LogP contribution in [0.2, 0.25) is 0 Å². The van der Waals surface area contributed by atoms with Crippen molar-refractivity contribution in [3.8, 4) is 0 Å². The zero-order valence-electron chi connectivity index (χ0n) is 63.5. The van der Waals surface area contributed by atoms with Gasteiger partial charge in [-0.3, -0.25) is 37.3 Å². The summed E-state index contributed by atoms with van der Waals surface area (Å²) in [6.07, 6.45) is 55.3. The number of carbonyl (C=O) groups is 4. The third-order valence-electron chi connectivity index (χ3n) is 19.2. The number of aliphatic hydroxyl groups is 1. The molecule has 5 unspecified atom stereocenters. The first kappa shape index (κ1) is 95.1. The lowest BCUT2D eigenvalue weighted by Gasteiger charge is -2.21. The number of unbranched alkanes of at least 4 members (excludes halogenated alkanes) is 41. The van der Waals surface area contributed by atoms with Crippen LogP contribution < -0.4 is 0 Å². The second-order valence-corrected chi connectivity index (χ2v) is 31.7. The summed E-state index contributed by atoms with van der Waals surface area (Å²) in [5, 5.41) is 10.6. The predicted molar refractivity (Wildman–Crippen MR) is 395 cm³/mol. The van der Waals surface area contributed by atoms with Crippen LogP contribution in [-0.4, -0.2) is 96.7 Å². The fourth-order valence-corrected chi connectivity index (χ4v) is 13.4. The number of ether oxygens (including phenoxy) is 4. The van der Waals surface area contributed by atoms with Gasteiger partial charge in [0, 0.05) is 25.7 Å². The summed E-state index contributed by atoms with van der Waals surface area (Å²) in [5.41, 5.74) is 0. The van der Waals surface area contributed by atoms with Crippen molar-refractivity contribution in [3.05, 3.63) is 0 Å². The van der Waals surface area contributed by atoms with E-state index in [0.29, 0.717) is 25.7 Å². The molecule has 0 bridgehead atoms. The van der Waals surface area contributed by atoms with E-state index >= 15 is 0 Å². The van der Waals surface area contributed by atoms with Gasteiger partial charge in [0.05, 0.1) is 26.4 Å². The highest BCUT2D eigenvalue weighted by Crippen LogP contribution is 2.45. The van der Waals surface area contributed by atoms with E-state index in [-0.39, 0.29) is 25.7 Å². The number of hydrogen-bond donors (Lipinski definition) is 3. The first-order valence-corrected chi connectivity index (χ1v) is 43.5. The van der Waals surface area contributed by atoms with Gasteiger partial charge in [0.15, 0.2) is 12.2 Å². The van der Waals surface area contributed by atoms with Crippen LogP contribution in [0.5, 0.6) is 0 Å². The molecule has 8 atom stereocenters. The lowest BCUT2D eigenvalue weighted by Crippen LogP contribution is -2.30. The van der Waals surface area contributed by atoms with Crippen LogP contribution in [0.25, 0.3) is 0 Å². The molecule has 17 nitrogen and oxygen atoms in total. The fourth-order valence-electron chi connectivity index (χ4n) is 11.9. The van der Waals surface area contributed by atoms with Crippen molar-refractivity contribution in [2.24, 2.45) is 17.8 Å². The van der Waals surface area contributed by atoms with Crippen LogP contribution in [0.1, 0.15) is 402 Å². The maximum Gasteiger partial charge on any atom is 0.472 e. The quantitative estimate of drug-likeness (QED) is 0.0222. The number of rotatable bonds is 76. The zero-order chi connectivity index (χ0) is 71.6. The van der Waals surface area contributed by atoms with Crippen molar-refractivity contribution < 1.29 is 80.2 Å². The molecule has 0 aromatic carbocycles. The van der Waals surface area contributed by atoms with Gasteiger partial charge in [-0.15, -0.1) is 0 Å². The Labute approximate surface area is 594 Å². The molecule has 0 aromatic rings. The smallest absolute Gasteiger partial charge is 0.462 e.